The van der Waals surface area contributed by atoms with Crippen LogP contribution in [0.5, 0.6) is 0 Å². The number of carbonyl (C=O) groups excluding carboxylic acids is 2. The van der Waals surface area contributed by atoms with Crippen LogP contribution in [0.3, 0.4) is 0 Å². The van der Waals surface area contributed by atoms with E-state index >= 15 is 0 Å². The smallest absolute Gasteiger partial charge is 0.251 e. The molecule has 0 unspecified atom stereocenters. The van der Waals surface area contributed by atoms with Gasteiger partial charge in [-0.05, 0) is 18.6 Å². The molecule has 7 heteroatoms. The molecule has 0 aliphatic carbocycles. The third-order valence-corrected chi connectivity index (χ3v) is 4.11. The fraction of sp³-hybridized carbons (Fsp3) is 0.200. The lowest BCUT2D eigenvalue weighted by Gasteiger charge is -2.14. The third-order valence-electron chi connectivity index (χ3n) is 3.25. The number of nitrogens with one attached hydrogen (secondary N) is 1. The molecule has 2 amide bonds. The van der Waals surface area contributed by atoms with Crippen LogP contribution < -0.4 is 10.5 Å². The first-order valence-electron chi connectivity index (χ1n) is 6.69. The van der Waals surface area contributed by atoms with Crippen molar-refractivity contribution in [2.24, 2.45) is 0 Å². The van der Waals surface area contributed by atoms with Gasteiger partial charge < -0.3 is 4.98 Å². The summed E-state index contributed by atoms with van der Waals surface area (Å²) < 4.78 is 0. The highest BCUT2D eigenvalue weighted by molar-refractivity contribution is 7.99. The molecule has 22 heavy (non-hydrogen) atoms. The van der Waals surface area contributed by atoms with E-state index in [0.717, 1.165) is 17.3 Å². The van der Waals surface area contributed by atoms with Gasteiger partial charge in [0.05, 0.1) is 17.9 Å². The predicted molar refractivity (Wildman–Crippen MR) is 83.0 cm³/mol. The van der Waals surface area contributed by atoms with Crippen molar-refractivity contribution in [3.8, 4) is 0 Å². The number of benzene rings is 1. The minimum absolute atomic E-state index is 0.0342. The zero-order valence-corrected chi connectivity index (χ0v) is 12.6. The molecule has 6 nitrogen and oxygen atoms in total. The number of imide groups is 1. The number of anilines is 1. The molecule has 112 valence electrons. The van der Waals surface area contributed by atoms with Gasteiger partial charge in [-0.15, -0.1) is 0 Å². The zero-order valence-electron chi connectivity index (χ0n) is 11.8. The highest BCUT2D eigenvalue weighted by atomic mass is 32.2. The summed E-state index contributed by atoms with van der Waals surface area (Å²) in [5.41, 5.74) is 1.82. The van der Waals surface area contributed by atoms with Crippen LogP contribution in [0, 0.1) is 6.92 Å². The summed E-state index contributed by atoms with van der Waals surface area (Å²) in [6.07, 6.45) is 0.242. The first kappa shape index (κ1) is 14.5. The van der Waals surface area contributed by atoms with Gasteiger partial charge in [-0.25, -0.2) is 9.88 Å². The molecule has 0 saturated carbocycles. The van der Waals surface area contributed by atoms with Gasteiger partial charge in [-0.3, -0.25) is 14.4 Å². The van der Waals surface area contributed by atoms with E-state index in [1.807, 2.05) is 12.1 Å². The van der Waals surface area contributed by atoms with E-state index in [4.69, 9.17) is 0 Å². The molecule has 3 rings (SSSR count). The van der Waals surface area contributed by atoms with Crippen LogP contribution in [0.15, 0.2) is 40.3 Å². The molecule has 1 aromatic heterocycles. The number of fused-ring (bicyclic) bond motifs is 1. The molecular weight excluding hydrogens is 302 g/mol. The lowest BCUT2D eigenvalue weighted by molar-refractivity contribution is -0.124. The normalized spacial score (nSPS) is 13.3. The van der Waals surface area contributed by atoms with Crippen molar-refractivity contribution in [3.63, 3.8) is 0 Å². The van der Waals surface area contributed by atoms with Gasteiger partial charge in [0.15, 0.2) is 5.16 Å². The molecule has 0 fully saturated rings. The molecule has 2 heterocycles. The number of aryl methyl sites for hydroxylation is 1. The first-order valence-corrected chi connectivity index (χ1v) is 7.67. The van der Waals surface area contributed by atoms with E-state index in [0.29, 0.717) is 16.5 Å². The van der Waals surface area contributed by atoms with Gasteiger partial charge in [0.25, 0.3) is 5.56 Å². The summed E-state index contributed by atoms with van der Waals surface area (Å²) in [6, 6.07) is 8.62. The van der Waals surface area contributed by atoms with Gasteiger partial charge in [0.2, 0.25) is 11.8 Å². The minimum atomic E-state index is -0.316. The van der Waals surface area contributed by atoms with Crippen molar-refractivity contribution in [2.75, 3.05) is 10.7 Å². The Bertz CT molecular complexity index is 816. The van der Waals surface area contributed by atoms with Gasteiger partial charge in [-0.2, -0.15) is 0 Å². The maximum Gasteiger partial charge on any atom is 0.251 e. The quantitative estimate of drug-likeness (QED) is 0.681. The van der Waals surface area contributed by atoms with E-state index in [1.54, 1.807) is 19.1 Å². The van der Waals surface area contributed by atoms with Crippen LogP contribution in [0.4, 0.5) is 5.69 Å². The van der Waals surface area contributed by atoms with E-state index in [1.165, 1.54) is 11.0 Å². The van der Waals surface area contributed by atoms with Gasteiger partial charge >= 0.3 is 0 Å². The Morgan fingerprint density at radius 1 is 1.36 bits per heavy atom. The molecule has 0 atom stereocenters. The van der Waals surface area contributed by atoms with Crippen molar-refractivity contribution in [3.05, 3.63) is 51.9 Å². The number of H-pyrrole nitrogens is 1. The number of hydrogen-bond acceptors (Lipinski definition) is 5. The van der Waals surface area contributed by atoms with Crippen molar-refractivity contribution in [1.82, 2.24) is 9.97 Å². The first-order chi connectivity index (χ1) is 10.5. The average molecular weight is 315 g/mol. The summed E-state index contributed by atoms with van der Waals surface area (Å²) >= 11 is 1.11. The van der Waals surface area contributed by atoms with Crippen molar-refractivity contribution >= 4 is 29.3 Å². The summed E-state index contributed by atoms with van der Waals surface area (Å²) in [5, 5.41) is 0.373. The lowest BCUT2D eigenvalue weighted by Crippen LogP contribution is -2.35. The fourth-order valence-electron chi connectivity index (χ4n) is 2.34. The number of carbonyl (C=O) groups is 2. The number of rotatable bonds is 3. The Morgan fingerprint density at radius 2 is 2.14 bits per heavy atom. The highest BCUT2D eigenvalue weighted by Crippen LogP contribution is 2.29. The molecule has 2 aromatic rings. The molecule has 0 radical (unpaired) electrons. The maximum absolute atomic E-state index is 12.3. The monoisotopic (exact) mass is 315 g/mol. The van der Waals surface area contributed by atoms with Crippen molar-refractivity contribution in [1.29, 1.82) is 0 Å². The Hall–Kier alpha value is -2.41. The molecule has 1 aliphatic heterocycles. The van der Waals surface area contributed by atoms with E-state index < -0.39 is 0 Å². The Morgan fingerprint density at radius 3 is 2.91 bits per heavy atom. The molecular formula is C15H13N3O3S. The van der Waals surface area contributed by atoms with Crippen LogP contribution in [0.25, 0.3) is 0 Å². The van der Waals surface area contributed by atoms with Crippen LogP contribution >= 0.6 is 11.8 Å². The lowest BCUT2D eigenvalue weighted by atomic mass is 10.2. The molecule has 1 aliphatic rings. The summed E-state index contributed by atoms with van der Waals surface area (Å²) in [7, 11) is 0. The highest BCUT2D eigenvalue weighted by Gasteiger charge is 2.31. The second-order valence-corrected chi connectivity index (χ2v) is 5.87. The topological polar surface area (TPSA) is 83.1 Å². The molecule has 1 N–H and O–H groups in total. The Labute approximate surface area is 130 Å². The maximum atomic E-state index is 12.3. The number of hydrogen-bond donors (Lipinski definition) is 1. The number of amides is 2. The standard InChI is InChI=1S/C15H13N3O3S/c1-9-6-12(19)17-15(16-9)22-8-14(21)18-11-5-3-2-4-10(11)7-13(18)20/h2-6H,7-8H2,1H3,(H,16,17,19). The summed E-state index contributed by atoms with van der Waals surface area (Å²) in [4.78, 5) is 43.6. The van der Waals surface area contributed by atoms with Crippen molar-refractivity contribution in [2.45, 2.75) is 18.5 Å². The van der Waals surface area contributed by atoms with Crippen LogP contribution in [0.2, 0.25) is 0 Å². The zero-order chi connectivity index (χ0) is 15.7. The molecule has 0 saturated heterocycles. The van der Waals surface area contributed by atoms with Gasteiger partial charge in [0.1, 0.15) is 0 Å². The summed E-state index contributed by atoms with van der Waals surface area (Å²) in [6.45, 7) is 1.71. The second-order valence-electron chi connectivity index (χ2n) is 4.91. The number of para-hydroxylation sites is 1. The number of thioether (sulfide) groups is 1. The van der Waals surface area contributed by atoms with Crippen LogP contribution in [-0.2, 0) is 16.0 Å². The van der Waals surface area contributed by atoms with E-state index in [-0.39, 0.29) is 29.5 Å². The largest absolute Gasteiger partial charge is 0.301 e. The summed E-state index contributed by atoms with van der Waals surface area (Å²) in [5.74, 6) is -0.506. The van der Waals surface area contributed by atoms with Gasteiger partial charge in [0, 0.05) is 11.8 Å². The molecule has 0 bridgehead atoms. The van der Waals surface area contributed by atoms with Gasteiger partial charge in [-0.1, -0.05) is 30.0 Å². The second kappa shape index (κ2) is 5.76. The number of nitrogens with zero attached hydrogens (tertiary/aromatic N) is 2. The van der Waals surface area contributed by atoms with Crippen LogP contribution in [0.1, 0.15) is 11.3 Å². The third kappa shape index (κ3) is 2.80. The SMILES string of the molecule is Cc1cc(=O)[nH]c(SCC(=O)N2C(=O)Cc3ccccc32)n1. The predicted octanol–water partition coefficient (Wildman–Crippen LogP) is 1.29. The van der Waals surface area contributed by atoms with Crippen LogP contribution in [-0.4, -0.2) is 27.5 Å². The van der Waals surface area contributed by atoms with Crippen molar-refractivity contribution < 1.29 is 9.59 Å². The Kier molecular flexibility index (Phi) is 3.81. The number of aromatic nitrogens is 2. The Balaban J connectivity index is 1.75. The fourth-order valence-corrected chi connectivity index (χ4v) is 3.11. The van der Waals surface area contributed by atoms with E-state index in [9.17, 15) is 14.4 Å². The average Bonchev–Trinajstić information content (AvgIpc) is 2.79. The van der Waals surface area contributed by atoms with E-state index in [2.05, 4.69) is 9.97 Å². The number of aromatic amines is 1. The molecule has 0 spiro atoms. The molecule has 1 aromatic carbocycles. The minimum Gasteiger partial charge on any atom is -0.301 e.